The second kappa shape index (κ2) is 10.9. The molecule has 0 spiro atoms. The van der Waals surface area contributed by atoms with Gasteiger partial charge < -0.3 is 15.4 Å². The van der Waals surface area contributed by atoms with Crippen LogP contribution in [0.2, 0.25) is 0 Å². The number of nitrogens with two attached hydrogens (primary N) is 1. The first-order valence-corrected chi connectivity index (χ1v) is 12.8. The molecule has 0 aliphatic heterocycles. The van der Waals surface area contributed by atoms with E-state index >= 15 is 0 Å². The van der Waals surface area contributed by atoms with Crippen molar-refractivity contribution in [1.29, 1.82) is 0 Å². The lowest BCUT2D eigenvalue weighted by molar-refractivity contribution is 0.0956. The molecule has 3 rings (SSSR count). The zero-order valence-corrected chi connectivity index (χ0v) is 19.5. The van der Waals surface area contributed by atoms with Gasteiger partial charge in [-0.1, -0.05) is 24.3 Å². The molecule has 0 heterocycles. The Kier molecular flexibility index (Phi) is 8.28. The minimum atomic E-state index is -3.58. The van der Waals surface area contributed by atoms with Crippen LogP contribution in [0.25, 0.3) is 0 Å². The van der Waals surface area contributed by atoms with Crippen molar-refractivity contribution in [3.63, 3.8) is 0 Å². The monoisotopic (exact) mass is 459 g/mol. The van der Waals surface area contributed by atoms with E-state index in [0.29, 0.717) is 24.1 Å². The summed E-state index contributed by atoms with van der Waals surface area (Å²) in [7, 11) is -3.58. The molecule has 2 aromatic rings. The number of ether oxygens (including phenoxy) is 1. The summed E-state index contributed by atoms with van der Waals surface area (Å²) in [6.45, 7) is 4.83. The number of sulfonamides is 1. The standard InChI is InChI=1S/C24H33N3O4S/c1-3-31-23-6-4-5-20(16-23)17(2)27-22-12-11-21(15-22)18-7-9-19(10-8-18)24(28)26-13-14-32(25,29)30/h4-10,16-17,21-22,27H,3,11-15H2,1-2H3,(H,26,28)(H2,25,29,30). The van der Waals surface area contributed by atoms with Gasteiger partial charge in [-0.2, -0.15) is 0 Å². The van der Waals surface area contributed by atoms with Crippen molar-refractivity contribution >= 4 is 15.9 Å². The molecule has 0 radical (unpaired) electrons. The molecule has 7 nitrogen and oxygen atoms in total. The van der Waals surface area contributed by atoms with E-state index in [0.717, 1.165) is 25.0 Å². The van der Waals surface area contributed by atoms with E-state index < -0.39 is 10.0 Å². The Balaban J connectivity index is 1.51. The van der Waals surface area contributed by atoms with E-state index in [1.165, 1.54) is 11.1 Å². The fourth-order valence-electron chi connectivity index (χ4n) is 4.24. The van der Waals surface area contributed by atoms with Crippen molar-refractivity contribution in [3.8, 4) is 5.75 Å². The molecule has 0 saturated heterocycles. The predicted molar refractivity (Wildman–Crippen MR) is 126 cm³/mol. The fraction of sp³-hybridized carbons (Fsp3) is 0.458. The van der Waals surface area contributed by atoms with Gasteiger partial charge in [0, 0.05) is 24.2 Å². The maximum atomic E-state index is 12.2. The second-order valence-corrected chi connectivity index (χ2v) is 10.1. The van der Waals surface area contributed by atoms with Gasteiger partial charge >= 0.3 is 0 Å². The second-order valence-electron chi connectivity index (χ2n) is 8.35. The molecule has 8 heteroatoms. The maximum absolute atomic E-state index is 12.2. The fourth-order valence-corrected chi connectivity index (χ4v) is 4.63. The van der Waals surface area contributed by atoms with Crippen LogP contribution in [-0.2, 0) is 10.0 Å². The Bertz CT molecular complexity index is 1010. The highest BCUT2D eigenvalue weighted by Gasteiger charge is 2.27. The summed E-state index contributed by atoms with van der Waals surface area (Å²) in [6.07, 6.45) is 3.26. The molecule has 1 amide bonds. The summed E-state index contributed by atoms with van der Waals surface area (Å²) in [5, 5.41) is 11.3. The van der Waals surface area contributed by atoms with E-state index in [-0.39, 0.29) is 24.2 Å². The van der Waals surface area contributed by atoms with E-state index in [1.807, 2.05) is 31.2 Å². The molecule has 2 aromatic carbocycles. The van der Waals surface area contributed by atoms with Crippen LogP contribution >= 0.6 is 0 Å². The highest BCUT2D eigenvalue weighted by molar-refractivity contribution is 7.89. The van der Waals surface area contributed by atoms with Crippen molar-refractivity contribution < 1.29 is 17.9 Å². The number of benzene rings is 2. The highest BCUT2D eigenvalue weighted by atomic mass is 32.2. The van der Waals surface area contributed by atoms with E-state index in [4.69, 9.17) is 9.88 Å². The van der Waals surface area contributed by atoms with Crippen LogP contribution in [0.3, 0.4) is 0 Å². The maximum Gasteiger partial charge on any atom is 0.251 e. The summed E-state index contributed by atoms with van der Waals surface area (Å²) in [5.74, 6) is 0.779. The lowest BCUT2D eigenvalue weighted by Gasteiger charge is -2.21. The Morgan fingerprint density at radius 2 is 1.94 bits per heavy atom. The van der Waals surface area contributed by atoms with E-state index in [9.17, 15) is 13.2 Å². The number of rotatable bonds is 10. The molecule has 1 saturated carbocycles. The molecule has 3 atom stereocenters. The number of hydrogen-bond donors (Lipinski definition) is 3. The molecule has 4 N–H and O–H groups in total. The molecule has 3 unspecified atom stereocenters. The Labute approximate surface area is 190 Å². The first-order chi connectivity index (χ1) is 15.2. The molecular weight excluding hydrogens is 426 g/mol. The van der Waals surface area contributed by atoms with Gasteiger partial charge in [-0.05, 0) is 74.4 Å². The quantitative estimate of drug-likeness (QED) is 0.506. The van der Waals surface area contributed by atoms with Crippen LogP contribution in [0.5, 0.6) is 5.75 Å². The van der Waals surface area contributed by atoms with Crippen molar-refractivity contribution in [2.24, 2.45) is 5.14 Å². The van der Waals surface area contributed by atoms with E-state index in [1.54, 1.807) is 12.1 Å². The Morgan fingerprint density at radius 1 is 1.19 bits per heavy atom. The van der Waals surface area contributed by atoms with Crippen molar-refractivity contribution in [2.45, 2.75) is 51.1 Å². The van der Waals surface area contributed by atoms with Crippen LogP contribution in [-0.4, -0.2) is 39.3 Å². The average Bonchev–Trinajstić information content (AvgIpc) is 3.22. The Hall–Kier alpha value is -2.42. The molecule has 0 bridgehead atoms. The molecular formula is C24H33N3O4S. The first-order valence-electron chi connectivity index (χ1n) is 11.1. The van der Waals surface area contributed by atoms with Gasteiger partial charge in [0.15, 0.2) is 0 Å². The smallest absolute Gasteiger partial charge is 0.251 e. The van der Waals surface area contributed by atoms with Crippen LogP contribution in [0.4, 0.5) is 0 Å². The van der Waals surface area contributed by atoms with Crippen LogP contribution in [0, 0.1) is 0 Å². The normalized spacial score (nSPS) is 19.5. The van der Waals surface area contributed by atoms with E-state index in [2.05, 4.69) is 29.7 Å². The van der Waals surface area contributed by atoms with Crippen molar-refractivity contribution in [2.75, 3.05) is 18.9 Å². The highest BCUT2D eigenvalue weighted by Crippen LogP contribution is 2.35. The lowest BCUT2D eigenvalue weighted by atomic mass is 9.96. The summed E-state index contributed by atoms with van der Waals surface area (Å²) in [4.78, 5) is 12.2. The summed E-state index contributed by atoms with van der Waals surface area (Å²) < 4.78 is 27.6. The predicted octanol–water partition coefficient (Wildman–Crippen LogP) is 3.09. The topological polar surface area (TPSA) is 111 Å². The van der Waals surface area contributed by atoms with Crippen LogP contribution in [0.15, 0.2) is 48.5 Å². The molecule has 0 aromatic heterocycles. The first kappa shape index (κ1) is 24.2. The van der Waals surface area contributed by atoms with Crippen molar-refractivity contribution in [1.82, 2.24) is 10.6 Å². The van der Waals surface area contributed by atoms with Gasteiger partial charge in [0.25, 0.3) is 5.91 Å². The largest absolute Gasteiger partial charge is 0.494 e. The minimum Gasteiger partial charge on any atom is -0.494 e. The third kappa shape index (κ3) is 7.05. The number of hydrogen-bond acceptors (Lipinski definition) is 5. The SMILES string of the molecule is CCOc1cccc(C(C)NC2CCC(c3ccc(C(=O)NCCS(N)(=O)=O)cc3)C2)c1. The zero-order chi connectivity index (χ0) is 23.1. The summed E-state index contributed by atoms with van der Waals surface area (Å²) in [6, 6.07) is 16.5. The lowest BCUT2D eigenvalue weighted by Crippen LogP contribution is -2.31. The third-order valence-corrected chi connectivity index (χ3v) is 6.68. The van der Waals surface area contributed by atoms with Gasteiger partial charge in [-0.3, -0.25) is 4.79 Å². The van der Waals surface area contributed by atoms with Gasteiger partial charge in [0.05, 0.1) is 12.4 Å². The van der Waals surface area contributed by atoms with Gasteiger partial charge in [0.1, 0.15) is 5.75 Å². The molecule has 174 valence electrons. The molecule has 32 heavy (non-hydrogen) atoms. The number of carbonyl (C=O) groups excluding carboxylic acids is 1. The van der Waals surface area contributed by atoms with Gasteiger partial charge in [-0.15, -0.1) is 0 Å². The van der Waals surface area contributed by atoms with Crippen molar-refractivity contribution in [3.05, 3.63) is 65.2 Å². The number of primary sulfonamides is 1. The van der Waals surface area contributed by atoms with Gasteiger partial charge in [0.2, 0.25) is 10.0 Å². The number of carbonyl (C=O) groups is 1. The van der Waals surface area contributed by atoms with Gasteiger partial charge in [-0.25, -0.2) is 13.6 Å². The molecule has 1 fully saturated rings. The molecule has 1 aliphatic carbocycles. The number of nitrogens with one attached hydrogen (secondary N) is 2. The molecule has 1 aliphatic rings. The summed E-state index contributed by atoms with van der Waals surface area (Å²) in [5.41, 5.74) is 2.96. The zero-order valence-electron chi connectivity index (χ0n) is 18.7. The average molecular weight is 460 g/mol. The van der Waals surface area contributed by atoms with Crippen LogP contribution in [0.1, 0.15) is 66.6 Å². The number of amides is 1. The minimum absolute atomic E-state index is 0.00105. The third-order valence-electron chi connectivity index (χ3n) is 5.90. The summed E-state index contributed by atoms with van der Waals surface area (Å²) >= 11 is 0. The Morgan fingerprint density at radius 3 is 2.62 bits per heavy atom. The van der Waals surface area contributed by atoms with Crippen LogP contribution < -0.4 is 20.5 Å².